The van der Waals surface area contributed by atoms with Crippen molar-refractivity contribution >= 4 is 21.8 Å². The predicted molar refractivity (Wildman–Crippen MR) is 91.8 cm³/mol. The number of nitrogens with two attached hydrogens (primary N) is 1. The van der Waals surface area contributed by atoms with Crippen LogP contribution >= 0.6 is 0 Å². The normalized spacial score (nSPS) is 15.4. The van der Waals surface area contributed by atoms with Gasteiger partial charge < -0.3 is 14.4 Å². The minimum absolute atomic E-state index is 0.0306. The maximum atomic E-state index is 12.9. The summed E-state index contributed by atoms with van der Waals surface area (Å²) in [5.41, 5.74) is 1.89. The Kier molecular flexibility index (Phi) is 6.40. The molecule has 0 unspecified atom stereocenters. The van der Waals surface area contributed by atoms with Crippen LogP contribution in [0.3, 0.4) is 0 Å². The van der Waals surface area contributed by atoms with E-state index in [0.29, 0.717) is 5.75 Å². The van der Waals surface area contributed by atoms with Gasteiger partial charge in [-0.25, -0.2) is 14.3 Å². The molecule has 1 fully saturated rings. The number of piperazine rings is 1. The molecule has 1 saturated heterocycles. The largest absolute Gasteiger partial charge is 0.497 e. The second-order valence-corrected chi connectivity index (χ2v) is 7.45. The molecule has 2 rings (SSSR count). The highest BCUT2D eigenvalue weighted by Crippen LogP contribution is 2.31. The zero-order chi connectivity index (χ0) is 19.3. The van der Waals surface area contributed by atoms with Gasteiger partial charge in [0.1, 0.15) is 22.8 Å². The summed E-state index contributed by atoms with van der Waals surface area (Å²) < 4.78 is 37.3. The van der Waals surface area contributed by atoms with Crippen LogP contribution in [0, 0.1) is 0 Å². The number of hydrogen-bond acceptors (Lipinski definition) is 7. The monoisotopic (exact) mass is 386 g/mol. The molecule has 10 nitrogen and oxygen atoms in total. The molecule has 0 aromatic heterocycles. The summed E-state index contributed by atoms with van der Waals surface area (Å²) in [6, 6.07) is 4.47. The van der Waals surface area contributed by atoms with Crippen LogP contribution in [-0.2, 0) is 19.6 Å². The molecule has 1 aliphatic heterocycles. The molecule has 1 aliphatic rings. The van der Waals surface area contributed by atoms with Gasteiger partial charge in [0.2, 0.25) is 21.8 Å². The van der Waals surface area contributed by atoms with E-state index in [4.69, 9.17) is 15.3 Å². The number of carbonyl (C=O) groups is 2. The number of hydrazine groups is 1. The SMILES string of the molecule is COc1ccc(S(=O)(=O)N2CCN(C(=O)CC(=O)NN)CC2)c(OC)c1. The summed E-state index contributed by atoms with van der Waals surface area (Å²) in [6.45, 7) is 0.615. The second kappa shape index (κ2) is 8.34. The van der Waals surface area contributed by atoms with Gasteiger partial charge in [-0.05, 0) is 12.1 Å². The van der Waals surface area contributed by atoms with Gasteiger partial charge in [-0.3, -0.25) is 15.0 Å². The van der Waals surface area contributed by atoms with E-state index >= 15 is 0 Å². The first-order valence-electron chi connectivity index (χ1n) is 7.83. The molecule has 144 valence electrons. The zero-order valence-electron chi connectivity index (χ0n) is 14.6. The third-order valence-corrected chi connectivity index (χ3v) is 5.99. The number of methoxy groups -OCH3 is 2. The summed E-state index contributed by atoms with van der Waals surface area (Å²) in [5, 5.41) is 0. The quantitative estimate of drug-likeness (QED) is 0.275. The molecule has 0 spiro atoms. The molecule has 1 heterocycles. The molecular formula is C15H22N4O6S. The van der Waals surface area contributed by atoms with Gasteiger partial charge in [0.05, 0.1) is 14.2 Å². The van der Waals surface area contributed by atoms with Crippen molar-refractivity contribution in [2.75, 3.05) is 40.4 Å². The molecule has 0 saturated carbocycles. The summed E-state index contributed by atoms with van der Waals surface area (Å²) in [6.07, 6.45) is -0.366. The summed E-state index contributed by atoms with van der Waals surface area (Å²) in [7, 11) is -0.933. The van der Waals surface area contributed by atoms with Crippen LogP contribution in [-0.4, -0.2) is 69.8 Å². The van der Waals surface area contributed by atoms with Crippen molar-refractivity contribution in [1.29, 1.82) is 0 Å². The molecule has 0 atom stereocenters. The van der Waals surface area contributed by atoms with E-state index in [-0.39, 0.29) is 43.2 Å². The average Bonchev–Trinajstić information content (AvgIpc) is 2.67. The van der Waals surface area contributed by atoms with Crippen molar-refractivity contribution in [2.45, 2.75) is 11.3 Å². The van der Waals surface area contributed by atoms with Crippen LogP contribution in [0.15, 0.2) is 23.1 Å². The molecule has 0 radical (unpaired) electrons. The van der Waals surface area contributed by atoms with Crippen molar-refractivity contribution in [3.05, 3.63) is 18.2 Å². The minimum Gasteiger partial charge on any atom is -0.497 e. The summed E-state index contributed by atoms with van der Waals surface area (Å²) in [5.74, 6) is 4.64. The molecule has 1 aromatic carbocycles. The molecule has 11 heteroatoms. The standard InChI is InChI=1S/C15H22N4O6S/c1-24-11-3-4-13(12(9-11)25-2)26(22,23)19-7-5-18(6-8-19)15(21)10-14(20)17-16/h3-4,9H,5-8,10,16H2,1-2H3,(H,17,20). The fourth-order valence-corrected chi connectivity index (χ4v) is 4.16. The number of sulfonamides is 1. The van der Waals surface area contributed by atoms with E-state index in [1.54, 1.807) is 6.07 Å². The third-order valence-electron chi connectivity index (χ3n) is 4.05. The first kappa shape index (κ1) is 19.9. The van der Waals surface area contributed by atoms with E-state index < -0.39 is 21.8 Å². The first-order chi connectivity index (χ1) is 12.3. The molecule has 0 bridgehead atoms. The van der Waals surface area contributed by atoms with Crippen molar-refractivity contribution in [2.24, 2.45) is 5.84 Å². The van der Waals surface area contributed by atoms with Crippen LogP contribution in [0.1, 0.15) is 6.42 Å². The van der Waals surface area contributed by atoms with Crippen molar-refractivity contribution < 1.29 is 27.5 Å². The Balaban J connectivity index is 2.11. The van der Waals surface area contributed by atoms with Crippen molar-refractivity contribution in [3.8, 4) is 11.5 Å². The van der Waals surface area contributed by atoms with E-state index in [1.165, 1.54) is 35.6 Å². The highest BCUT2D eigenvalue weighted by molar-refractivity contribution is 7.89. The fourth-order valence-electron chi connectivity index (χ4n) is 2.61. The van der Waals surface area contributed by atoms with Crippen molar-refractivity contribution in [1.82, 2.24) is 14.6 Å². The van der Waals surface area contributed by atoms with E-state index in [1.807, 2.05) is 5.43 Å². The molecular weight excluding hydrogens is 364 g/mol. The highest BCUT2D eigenvalue weighted by atomic mass is 32.2. The maximum absolute atomic E-state index is 12.9. The Labute approximate surface area is 151 Å². The van der Waals surface area contributed by atoms with Gasteiger partial charge in [-0.1, -0.05) is 0 Å². The lowest BCUT2D eigenvalue weighted by atomic mass is 10.3. The fraction of sp³-hybridized carbons (Fsp3) is 0.467. The Bertz CT molecular complexity index is 774. The number of hydrogen-bond donors (Lipinski definition) is 2. The summed E-state index contributed by atoms with van der Waals surface area (Å²) >= 11 is 0. The number of carbonyl (C=O) groups excluding carboxylic acids is 2. The Morgan fingerprint density at radius 1 is 1.15 bits per heavy atom. The lowest BCUT2D eigenvalue weighted by Gasteiger charge is -2.34. The van der Waals surface area contributed by atoms with Gasteiger partial charge in [0, 0.05) is 32.2 Å². The summed E-state index contributed by atoms with van der Waals surface area (Å²) in [4.78, 5) is 24.6. The van der Waals surface area contributed by atoms with E-state index in [0.717, 1.165) is 0 Å². The van der Waals surface area contributed by atoms with Crippen LogP contribution in [0.4, 0.5) is 0 Å². The van der Waals surface area contributed by atoms with E-state index in [9.17, 15) is 18.0 Å². The lowest BCUT2D eigenvalue weighted by molar-refractivity contribution is -0.137. The topological polar surface area (TPSA) is 131 Å². The van der Waals surface area contributed by atoms with Crippen LogP contribution in [0.2, 0.25) is 0 Å². The number of ether oxygens (including phenoxy) is 2. The number of nitrogens with one attached hydrogen (secondary N) is 1. The average molecular weight is 386 g/mol. The number of rotatable bonds is 6. The van der Waals surface area contributed by atoms with Gasteiger partial charge >= 0.3 is 0 Å². The van der Waals surface area contributed by atoms with Gasteiger partial charge in [0.15, 0.2) is 0 Å². The molecule has 2 amide bonds. The molecule has 3 N–H and O–H groups in total. The van der Waals surface area contributed by atoms with Gasteiger partial charge in [-0.2, -0.15) is 4.31 Å². The number of nitrogens with zero attached hydrogens (tertiary/aromatic N) is 2. The van der Waals surface area contributed by atoms with Gasteiger partial charge in [0.25, 0.3) is 0 Å². The highest BCUT2D eigenvalue weighted by Gasteiger charge is 2.32. The van der Waals surface area contributed by atoms with Crippen LogP contribution in [0.25, 0.3) is 0 Å². The van der Waals surface area contributed by atoms with Gasteiger partial charge in [-0.15, -0.1) is 0 Å². The Morgan fingerprint density at radius 2 is 1.81 bits per heavy atom. The Hall–Kier alpha value is -2.37. The van der Waals surface area contributed by atoms with Crippen LogP contribution in [0.5, 0.6) is 11.5 Å². The minimum atomic E-state index is -3.79. The predicted octanol–water partition coefficient (Wildman–Crippen LogP) is -1.08. The maximum Gasteiger partial charge on any atom is 0.246 e. The molecule has 1 aromatic rings. The number of amides is 2. The van der Waals surface area contributed by atoms with Crippen LogP contribution < -0.4 is 20.7 Å². The smallest absolute Gasteiger partial charge is 0.246 e. The van der Waals surface area contributed by atoms with Crippen molar-refractivity contribution in [3.63, 3.8) is 0 Å². The third kappa shape index (κ3) is 4.23. The van der Waals surface area contributed by atoms with E-state index in [2.05, 4.69) is 0 Å². The lowest BCUT2D eigenvalue weighted by Crippen LogP contribution is -2.51. The second-order valence-electron chi connectivity index (χ2n) is 5.55. The number of benzene rings is 1. The molecule has 0 aliphatic carbocycles. The first-order valence-corrected chi connectivity index (χ1v) is 9.27. The molecule has 26 heavy (non-hydrogen) atoms. The zero-order valence-corrected chi connectivity index (χ0v) is 15.4. The Morgan fingerprint density at radius 3 is 2.35 bits per heavy atom.